The van der Waals surface area contributed by atoms with Crippen molar-refractivity contribution in [2.24, 2.45) is 0 Å². The molecular formula is C19H35N5O. The summed E-state index contributed by atoms with van der Waals surface area (Å²) in [6, 6.07) is 4.20. The van der Waals surface area contributed by atoms with Gasteiger partial charge in [0.1, 0.15) is 11.6 Å². The fourth-order valence-electron chi connectivity index (χ4n) is 3.30. The molecule has 6 heteroatoms. The Balaban J connectivity index is 2.08. The predicted molar refractivity (Wildman–Crippen MR) is 107 cm³/mol. The van der Waals surface area contributed by atoms with E-state index >= 15 is 0 Å². The van der Waals surface area contributed by atoms with Crippen molar-refractivity contribution in [1.29, 1.82) is 0 Å². The van der Waals surface area contributed by atoms with Crippen molar-refractivity contribution in [3.63, 3.8) is 0 Å². The minimum absolute atomic E-state index is 0.606. The second kappa shape index (κ2) is 10.5. The third-order valence-electron chi connectivity index (χ3n) is 4.66. The smallest absolute Gasteiger partial charge is 0.133 e. The van der Waals surface area contributed by atoms with Gasteiger partial charge < -0.3 is 20.3 Å². The minimum Gasteiger partial charge on any atom is -0.384 e. The Kier molecular flexibility index (Phi) is 8.28. The van der Waals surface area contributed by atoms with Crippen molar-refractivity contribution in [3.8, 4) is 0 Å². The highest BCUT2D eigenvalue weighted by molar-refractivity contribution is 5.61. The lowest BCUT2D eigenvalue weighted by Gasteiger charge is -2.31. The zero-order valence-electron chi connectivity index (χ0n) is 16.2. The average molecular weight is 350 g/mol. The van der Waals surface area contributed by atoms with Gasteiger partial charge in [-0.1, -0.05) is 13.8 Å². The minimum atomic E-state index is 0.606. The molecule has 0 radical (unpaired) electrons. The van der Waals surface area contributed by atoms with Gasteiger partial charge in [0.05, 0.1) is 13.2 Å². The number of nitrogen functional groups attached to an aromatic ring is 1. The summed E-state index contributed by atoms with van der Waals surface area (Å²) in [6.07, 6.45) is 2.26. The van der Waals surface area contributed by atoms with Crippen LogP contribution in [0.15, 0.2) is 12.1 Å². The molecular weight excluding hydrogens is 314 g/mol. The number of likely N-dealkylation sites (N-methyl/N-ethyl adjacent to an activating group) is 1. The summed E-state index contributed by atoms with van der Waals surface area (Å²) < 4.78 is 5.43. The first-order chi connectivity index (χ1) is 12.2. The third kappa shape index (κ3) is 6.04. The number of nitrogens with zero attached hydrogens (tertiary/aromatic N) is 4. The van der Waals surface area contributed by atoms with Gasteiger partial charge >= 0.3 is 0 Å². The van der Waals surface area contributed by atoms with Crippen molar-refractivity contribution in [1.82, 2.24) is 9.88 Å². The summed E-state index contributed by atoms with van der Waals surface area (Å²) in [6.45, 7) is 15.4. The standard InChI is InChI=1S/C19H35N5O/c1-4-7-24(8-5-2)17-15-18(20)21-19(16-17)23(6-3)10-9-22-11-13-25-14-12-22/h15-16H,4-14H2,1-3H3,(H2,20,21). The van der Waals surface area contributed by atoms with Crippen LogP contribution >= 0.6 is 0 Å². The van der Waals surface area contributed by atoms with Crippen LogP contribution in [0, 0.1) is 0 Å². The monoisotopic (exact) mass is 349 g/mol. The van der Waals surface area contributed by atoms with Gasteiger partial charge in [0, 0.05) is 63.6 Å². The molecule has 0 spiro atoms. The zero-order valence-corrected chi connectivity index (χ0v) is 16.2. The number of morpholine rings is 1. The highest BCUT2D eigenvalue weighted by atomic mass is 16.5. The molecule has 1 fully saturated rings. The number of hydrogen-bond donors (Lipinski definition) is 1. The molecule has 0 saturated carbocycles. The van der Waals surface area contributed by atoms with Crippen LogP contribution in [0.5, 0.6) is 0 Å². The number of nitrogens with two attached hydrogens (primary N) is 1. The Morgan fingerprint density at radius 1 is 1.04 bits per heavy atom. The number of rotatable bonds is 10. The quantitative estimate of drug-likeness (QED) is 0.700. The maximum atomic E-state index is 6.13. The van der Waals surface area contributed by atoms with E-state index in [9.17, 15) is 0 Å². The van der Waals surface area contributed by atoms with Gasteiger partial charge in [0.2, 0.25) is 0 Å². The highest BCUT2D eigenvalue weighted by Crippen LogP contribution is 2.24. The molecule has 6 nitrogen and oxygen atoms in total. The lowest BCUT2D eigenvalue weighted by atomic mass is 10.2. The maximum Gasteiger partial charge on any atom is 0.133 e. The second-order valence-corrected chi connectivity index (χ2v) is 6.63. The predicted octanol–water partition coefficient (Wildman–Crippen LogP) is 2.45. The molecule has 0 amide bonds. The van der Waals surface area contributed by atoms with Crippen LogP contribution in [-0.4, -0.2) is 68.9 Å². The molecule has 2 heterocycles. The summed E-state index contributed by atoms with van der Waals surface area (Å²) in [5, 5.41) is 0. The summed E-state index contributed by atoms with van der Waals surface area (Å²) in [5.74, 6) is 1.59. The Morgan fingerprint density at radius 3 is 2.32 bits per heavy atom. The Hall–Kier alpha value is -1.53. The Labute approximate surface area is 152 Å². The lowest BCUT2D eigenvalue weighted by molar-refractivity contribution is 0.0392. The average Bonchev–Trinajstić information content (AvgIpc) is 2.62. The van der Waals surface area contributed by atoms with Gasteiger partial charge in [-0.25, -0.2) is 4.98 Å². The van der Waals surface area contributed by atoms with E-state index in [0.29, 0.717) is 5.82 Å². The van der Waals surface area contributed by atoms with Crippen LogP contribution in [0.1, 0.15) is 33.6 Å². The number of anilines is 3. The van der Waals surface area contributed by atoms with Crippen LogP contribution in [0.25, 0.3) is 0 Å². The molecule has 2 rings (SSSR count). The van der Waals surface area contributed by atoms with E-state index in [1.54, 1.807) is 0 Å². The Bertz CT molecular complexity index is 499. The van der Waals surface area contributed by atoms with Crippen molar-refractivity contribution >= 4 is 17.3 Å². The van der Waals surface area contributed by atoms with E-state index < -0.39 is 0 Å². The fraction of sp³-hybridized carbons (Fsp3) is 0.737. The van der Waals surface area contributed by atoms with Gasteiger partial charge in [-0.3, -0.25) is 4.90 Å². The van der Waals surface area contributed by atoms with E-state index in [1.807, 2.05) is 6.07 Å². The summed E-state index contributed by atoms with van der Waals surface area (Å²) >= 11 is 0. The number of ether oxygens (including phenoxy) is 1. The van der Waals surface area contributed by atoms with Crippen molar-refractivity contribution in [3.05, 3.63) is 12.1 Å². The topological polar surface area (TPSA) is 57.9 Å². The van der Waals surface area contributed by atoms with Gasteiger partial charge in [0.25, 0.3) is 0 Å². The summed E-state index contributed by atoms with van der Waals surface area (Å²) in [7, 11) is 0. The van der Waals surface area contributed by atoms with Gasteiger partial charge in [-0.15, -0.1) is 0 Å². The van der Waals surface area contributed by atoms with Gasteiger partial charge in [-0.05, 0) is 19.8 Å². The van der Waals surface area contributed by atoms with Crippen LogP contribution < -0.4 is 15.5 Å². The van der Waals surface area contributed by atoms with Crippen molar-refractivity contribution < 1.29 is 4.74 Å². The molecule has 0 aromatic carbocycles. The summed E-state index contributed by atoms with van der Waals surface area (Å²) in [5.41, 5.74) is 7.32. The Morgan fingerprint density at radius 2 is 1.72 bits per heavy atom. The first kappa shape index (κ1) is 19.8. The molecule has 1 aromatic rings. The van der Waals surface area contributed by atoms with Crippen molar-refractivity contribution in [2.45, 2.75) is 33.6 Å². The van der Waals surface area contributed by atoms with E-state index in [2.05, 4.69) is 46.5 Å². The number of pyridine rings is 1. The van der Waals surface area contributed by atoms with E-state index in [-0.39, 0.29) is 0 Å². The normalized spacial score (nSPS) is 15.3. The molecule has 2 N–H and O–H groups in total. The molecule has 1 saturated heterocycles. The first-order valence-corrected chi connectivity index (χ1v) is 9.75. The number of aromatic nitrogens is 1. The molecule has 1 aliphatic rings. The third-order valence-corrected chi connectivity index (χ3v) is 4.66. The van der Waals surface area contributed by atoms with Crippen LogP contribution in [0.2, 0.25) is 0 Å². The summed E-state index contributed by atoms with van der Waals surface area (Å²) in [4.78, 5) is 11.8. The maximum absolute atomic E-state index is 6.13. The van der Waals surface area contributed by atoms with Crippen molar-refractivity contribution in [2.75, 3.05) is 74.6 Å². The van der Waals surface area contributed by atoms with Gasteiger partial charge in [-0.2, -0.15) is 0 Å². The van der Waals surface area contributed by atoms with Crippen LogP contribution in [0.4, 0.5) is 17.3 Å². The molecule has 142 valence electrons. The number of hydrogen-bond acceptors (Lipinski definition) is 6. The molecule has 25 heavy (non-hydrogen) atoms. The molecule has 1 aromatic heterocycles. The SMILES string of the molecule is CCCN(CCC)c1cc(N)nc(N(CC)CCN2CCOCC2)c1. The fourth-order valence-corrected chi connectivity index (χ4v) is 3.30. The van der Waals surface area contributed by atoms with E-state index in [4.69, 9.17) is 10.5 Å². The van der Waals surface area contributed by atoms with Crippen LogP contribution in [0.3, 0.4) is 0 Å². The highest BCUT2D eigenvalue weighted by Gasteiger charge is 2.15. The molecule has 0 bridgehead atoms. The molecule has 0 aliphatic carbocycles. The largest absolute Gasteiger partial charge is 0.384 e. The lowest BCUT2D eigenvalue weighted by Crippen LogP contribution is -2.41. The molecule has 1 aliphatic heterocycles. The second-order valence-electron chi connectivity index (χ2n) is 6.63. The molecule has 0 atom stereocenters. The van der Waals surface area contributed by atoms with Gasteiger partial charge in [0.15, 0.2) is 0 Å². The molecule has 0 unspecified atom stereocenters. The van der Waals surface area contributed by atoms with E-state index in [1.165, 1.54) is 5.69 Å². The van der Waals surface area contributed by atoms with E-state index in [0.717, 1.165) is 77.7 Å². The first-order valence-electron chi connectivity index (χ1n) is 9.75. The zero-order chi connectivity index (χ0) is 18.1. The van der Waals surface area contributed by atoms with Crippen LogP contribution in [-0.2, 0) is 4.74 Å².